The summed E-state index contributed by atoms with van der Waals surface area (Å²) in [5, 5.41) is 8.32. The molecule has 25 heavy (non-hydrogen) atoms. The molecular formula is C21H25N3O. The van der Waals surface area contributed by atoms with Gasteiger partial charge in [0.25, 0.3) is 0 Å². The molecule has 0 spiro atoms. The smallest absolute Gasteiger partial charge is 0.119 e. The van der Waals surface area contributed by atoms with Crippen molar-refractivity contribution >= 4 is 0 Å². The minimum absolute atomic E-state index is 0.231. The summed E-state index contributed by atoms with van der Waals surface area (Å²) in [4.78, 5) is 0. The van der Waals surface area contributed by atoms with E-state index in [1.54, 1.807) is 7.11 Å². The van der Waals surface area contributed by atoms with E-state index in [4.69, 9.17) is 9.84 Å². The van der Waals surface area contributed by atoms with Crippen LogP contribution in [0.1, 0.15) is 35.5 Å². The number of aryl methyl sites for hydroxylation is 1. The van der Waals surface area contributed by atoms with Crippen molar-refractivity contribution < 1.29 is 4.74 Å². The molecule has 0 bridgehead atoms. The molecule has 0 aliphatic rings. The van der Waals surface area contributed by atoms with Gasteiger partial charge in [0.2, 0.25) is 0 Å². The van der Waals surface area contributed by atoms with Crippen LogP contribution in [0.3, 0.4) is 0 Å². The summed E-state index contributed by atoms with van der Waals surface area (Å²) in [6.45, 7) is 7.14. The van der Waals surface area contributed by atoms with E-state index in [9.17, 15) is 0 Å². The highest BCUT2D eigenvalue weighted by Gasteiger charge is 2.14. The van der Waals surface area contributed by atoms with E-state index >= 15 is 0 Å². The quantitative estimate of drug-likeness (QED) is 0.728. The maximum atomic E-state index is 5.32. The van der Waals surface area contributed by atoms with Crippen LogP contribution >= 0.6 is 0 Å². The number of nitrogens with zero attached hydrogens (tertiary/aromatic N) is 2. The number of benzene rings is 2. The first-order chi connectivity index (χ1) is 12.1. The Kier molecular flexibility index (Phi) is 5.19. The standard InChI is InChI=1S/C21H25N3O/c1-15(18-9-8-12-20(13-18)25-4)22-14-21-16(2)23-24(17(21)3)19-10-6-5-7-11-19/h5-13,15,22H,14H2,1-4H3. The van der Waals surface area contributed by atoms with Crippen molar-refractivity contribution in [2.45, 2.75) is 33.4 Å². The van der Waals surface area contributed by atoms with E-state index in [1.807, 2.05) is 35.0 Å². The lowest BCUT2D eigenvalue weighted by atomic mass is 10.1. The maximum Gasteiger partial charge on any atom is 0.119 e. The molecule has 0 saturated carbocycles. The topological polar surface area (TPSA) is 39.1 Å². The van der Waals surface area contributed by atoms with Crippen LogP contribution in [0.15, 0.2) is 54.6 Å². The summed E-state index contributed by atoms with van der Waals surface area (Å²) in [5.74, 6) is 0.885. The van der Waals surface area contributed by atoms with E-state index in [-0.39, 0.29) is 6.04 Å². The van der Waals surface area contributed by atoms with Crippen LogP contribution in [0, 0.1) is 13.8 Å². The molecule has 0 amide bonds. The lowest BCUT2D eigenvalue weighted by Crippen LogP contribution is -2.19. The third kappa shape index (κ3) is 3.74. The zero-order chi connectivity index (χ0) is 17.8. The molecule has 1 unspecified atom stereocenters. The Labute approximate surface area is 149 Å². The summed E-state index contributed by atoms with van der Waals surface area (Å²) in [6, 6.07) is 18.7. The minimum atomic E-state index is 0.231. The van der Waals surface area contributed by atoms with Gasteiger partial charge in [-0.05, 0) is 50.6 Å². The van der Waals surface area contributed by atoms with Crippen LogP contribution in [-0.4, -0.2) is 16.9 Å². The minimum Gasteiger partial charge on any atom is -0.497 e. The fourth-order valence-electron chi connectivity index (χ4n) is 3.04. The van der Waals surface area contributed by atoms with Crippen molar-refractivity contribution in [3.63, 3.8) is 0 Å². The van der Waals surface area contributed by atoms with Crippen LogP contribution in [0.25, 0.3) is 5.69 Å². The molecule has 1 heterocycles. The Balaban J connectivity index is 1.76. The zero-order valence-electron chi connectivity index (χ0n) is 15.3. The van der Waals surface area contributed by atoms with Gasteiger partial charge in [0.05, 0.1) is 18.5 Å². The average Bonchev–Trinajstić information content (AvgIpc) is 2.94. The zero-order valence-corrected chi connectivity index (χ0v) is 15.3. The first-order valence-electron chi connectivity index (χ1n) is 8.58. The monoisotopic (exact) mass is 335 g/mol. The van der Waals surface area contributed by atoms with Crippen molar-refractivity contribution in [2.75, 3.05) is 7.11 Å². The maximum absolute atomic E-state index is 5.32. The second-order valence-corrected chi connectivity index (χ2v) is 6.28. The molecule has 2 aromatic carbocycles. The summed E-state index contributed by atoms with van der Waals surface area (Å²) < 4.78 is 7.33. The predicted molar refractivity (Wildman–Crippen MR) is 101 cm³/mol. The highest BCUT2D eigenvalue weighted by atomic mass is 16.5. The molecule has 3 aromatic rings. The van der Waals surface area contributed by atoms with Crippen molar-refractivity contribution in [2.24, 2.45) is 0 Å². The van der Waals surface area contributed by atoms with Gasteiger partial charge < -0.3 is 10.1 Å². The lowest BCUT2D eigenvalue weighted by Gasteiger charge is -2.15. The highest BCUT2D eigenvalue weighted by Crippen LogP contribution is 2.21. The number of ether oxygens (including phenoxy) is 1. The number of hydrogen-bond donors (Lipinski definition) is 1. The van der Waals surface area contributed by atoms with Crippen LogP contribution in [-0.2, 0) is 6.54 Å². The molecule has 0 radical (unpaired) electrons. The SMILES string of the molecule is COc1cccc(C(C)NCc2c(C)nn(-c3ccccc3)c2C)c1. The number of nitrogens with one attached hydrogen (secondary N) is 1. The molecule has 0 aliphatic heterocycles. The number of para-hydroxylation sites is 1. The van der Waals surface area contributed by atoms with E-state index in [0.29, 0.717) is 0 Å². The van der Waals surface area contributed by atoms with Gasteiger partial charge in [-0.3, -0.25) is 0 Å². The van der Waals surface area contributed by atoms with Gasteiger partial charge in [-0.1, -0.05) is 30.3 Å². The van der Waals surface area contributed by atoms with Crippen molar-refractivity contribution in [3.05, 3.63) is 77.1 Å². The van der Waals surface area contributed by atoms with Crippen LogP contribution in [0.4, 0.5) is 0 Å². The summed E-state index contributed by atoms with van der Waals surface area (Å²) in [5.41, 5.74) is 5.79. The Hall–Kier alpha value is -2.59. The van der Waals surface area contributed by atoms with Crippen molar-refractivity contribution in [1.82, 2.24) is 15.1 Å². The van der Waals surface area contributed by atoms with E-state index < -0.39 is 0 Å². The second-order valence-electron chi connectivity index (χ2n) is 6.28. The van der Waals surface area contributed by atoms with E-state index in [0.717, 1.165) is 23.7 Å². The number of methoxy groups -OCH3 is 1. The fourth-order valence-corrected chi connectivity index (χ4v) is 3.04. The lowest BCUT2D eigenvalue weighted by molar-refractivity contribution is 0.413. The summed E-state index contributed by atoms with van der Waals surface area (Å²) in [6.07, 6.45) is 0. The largest absolute Gasteiger partial charge is 0.497 e. The Morgan fingerprint density at radius 1 is 1.08 bits per heavy atom. The molecule has 1 atom stereocenters. The van der Waals surface area contributed by atoms with Crippen molar-refractivity contribution in [1.29, 1.82) is 0 Å². The second kappa shape index (κ2) is 7.53. The van der Waals surface area contributed by atoms with E-state index in [1.165, 1.54) is 16.8 Å². The Bertz CT molecular complexity index is 840. The van der Waals surface area contributed by atoms with Gasteiger partial charge in [-0.15, -0.1) is 0 Å². The molecule has 1 N–H and O–H groups in total. The van der Waals surface area contributed by atoms with Gasteiger partial charge in [0.1, 0.15) is 5.75 Å². The van der Waals surface area contributed by atoms with E-state index in [2.05, 4.69) is 50.4 Å². The van der Waals surface area contributed by atoms with Gasteiger partial charge in [-0.2, -0.15) is 5.10 Å². The molecule has 4 heteroatoms. The van der Waals surface area contributed by atoms with Gasteiger partial charge in [0, 0.05) is 23.8 Å². The number of hydrogen-bond acceptors (Lipinski definition) is 3. The molecule has 4 nitrogen and oxygen atoms in total. The molecular weight excluding hydrogens is 310 g/mol. The van der Waals surface area contributed by atoms with Gasteiger partial charge >= 0.3 is 0 Å². The first-order valence-corrected chi connectivity index (χ1v) is 8.58. The van der Waals surface area contributed by atoms with Crippen LogP contribution in [0.2, 0.25) is 0 Å². The summed E-state index contributed by atoms with van der Waals surface area (Å²) in [7, 11) is 1.70. The Morgan fingerprint density at radius 2 is 1.84 bits per heavy atom. The molecule has 130 valence electrons. The fraction of sp³-hybridized carbons (Fsp3) is 0.286. The molecule has 0 aliphatic carbocycles. The Morgan fingerprint density at radius 3 is 2.56 bits per heavy atom. The molecule has 0 saturated heterocycles. The van der Waals surface area contributed by atoms with Crippen LogP contribution in [0.5, 0.6) is 5.75 Å². The third-order valence-corrected chi connectivity index (χ3v) is 4.62. The predicted octanol–water partition coefficient (Wildman–Crippen LogP) is 4.35. The molecule has 3 rings (SSSR count). The van der Waals surface area contributed by atoms with Gasteiger partial charge in [-0.25, -0.2) is 4.68 Å². The molecule has 1 aromatic heterocycles. The first kappa shape index (κ1) is 17.2. The van der Waals surface area contributed by atoms with Crippen LogP contribution < -0.4 is 10.1 Å². The number of rotatable bonds is 6. The normalized spacial score (nSPS) is 12.2. The third-order valence-electron chi connectivity index (χ3n) is 4.62. The highest BCUT2D eigenvalue weighted by molar-refractivity contribution is 5.37. The average molecular weight is 335 g/mol. The van der Waals surface area contributed by atoms with Crippen molar-refractivity contribution in [3.8, 4) is 11.4 Å². The summed E-state index contributed by atoms with van der Waals surface area (Å²) >= 11 is 0. The molecule has 0 fully saturated rings. The number of aromatic nitrogens is 2. The van der Waals surface area contributed by atoms with Gasteiger partial charge in [0.15, 0.2) is 0 Å².